The summed E-state index contributed by atoms with van der Waals surface area (Å²) in [5.74, 6) is 1.49. The van der Waals surface area contributed by atoms with Crippen molar-refractivity contribution in [3.05, 3.63) is 76.2 Å². The fraction of sp³-hybridized carbons (Fsp3) is 0.261. The Hall–Kier alpha value is -2.76. The Morgan fingerprint density at radius 2 is 2.00 bits per heavy atom. The molecule has 0 saturated carbocycles. The Bertz CT molecular complexity index is 1030. The standard InChI is InChI=1S/C23H22ClNO4/c1-14-9-16-11-19(12-25-23(26)21-8-7-18(28-21)13-27-2)29-22(16)20(10-14)15-3-5-17(24)6-4-15/h3-10,19H,11-13H2,1-2H3,(H,25,26)/t19-/m0/s1. The van der Waals surface area contributed by atoms with E-state index in [0.29, 0.717) is 23.9 Å². The van der Waals surface area contributed by atoms with Gasteiger partial charge < -0.3 is 19.2 Å². The number of carbonyl (C=O) groups is 1. The number of nitrogens with one attached hydrogen (secondary N) is 1. The van der Waals surface area contributed by atoms with Crippen LogP contribution in [0, 0.1) is 6.92 Å². The number of amides is 1. The molecule has 2 heterocycles. The zero-order chi connectivity index (χ0) is 20.4. The van der Waals surface area contributed by atoms with Crippen LogP contribution in [0.2, 0.25) is 5.02 Å². The summed E-state index contributed by atoms with van der Waals surface area (Å²) < 4.78 is 16.7. The third kappa shape index (κ3) is 4.31. The number of carbonyl (C=O) groups excluding carboxylic acids is 1. The molecule has 3 aromatic rings. The van der Waals surface area contributed by atoms with E-state index in [1.807, 2.05) is 24.3 Å². The van der Waals surface area contributed by atoms with Gasteiger partial charge in [0.15, 0.2) is 5.76 Å². The van der Waals surface area contributed by atoms with Crippen LogP contribution in [0.1, 0.15) is 27.4 Å². The van der Waals surface area contributed by atoms with Gasteiger partial charge in [-0.2, -0.15) is 0 Å². The molecule has 0 aliphatic carbocycles. The molecule has 0 unspecified atom stereocenters. The monoisotopic (exact) mass is 411 g/mol. The van der Waals surface area contributed by atoms with Crippen LogP contribution in [0.25, 0.3) is 11.1 Å². The molecular formula is C23H22ClNO4. The second kappa shape index (κ2) is 8.31. The Morgan fingerprint density at radius 1 is 1.21 bits per heavy atom. The lowest BCUT2D eigenvalue weighted by molar-refractivity contribution is 0.0897. The molecule has 1 aliphatic rings. The minimum Gasteiger partial charge on any atom is -0.487 e. The van der Waals surface area contributed by atoms with Gasteiger partial charge in [-0.15, -0.1) is 0 Å². The minimum atomic E-state index is -0.263. The maximum atomic E-state index is 12.4. The van der Waals surface area contributed by atoms with Crippen LogP contribution in [0.5, 0.6) is 5.75 Å². The molecule has 0 bridgehead atoms. The second-order valence-corrected chi connectivity index (χ2v) is 7.60. The van der Waals surface area contributed by atoms with Gasteiger partial charge in [-0.3, -0.25) is 4.79 Å². The van der Waals surface area contributed by atoms with Crippen molar-refractivity contribution in [1.82, 2.24) is 5.32 Å². The Balaban J connectivity index is 1.45. The molecule has 29 heavy (non-hydrogen) atoms. The Kier molecular flexibility index (Phi) is 5.60. The van der Waals surface area contributed by atoms with Gasteiger partial charge in [-0.25, -0.2) is 0 Å². The van der Waals surface area contributed by atoms with Crippen LogP contribution in [0.15, 0.2) is 52.9 Å². The highest BCUT2D eigenvalue weighted by molar-refractivity contribution is 6.30. The number of furan rings is 1. The van der Waals surface area contributed by atoms with Gasteiger partial charge in [0, 0.05) is 24.1 Å². The maximum absolute atomic E-state index is 12.4. The number of aryl methyl sites for hydroxylation is 1. The molecule has 1 amide bonds. The number of hydrogen-bond acceptors (Lipinski definition) is 4. The number of rotatable bonds is 6. The molecule has 0 spiro atoms. The molecule has 2 aromatic carbocycles. The van der Waals surface area contributed by atoms with E-state index in [1.165, 1.54) is 5.56 Å². The number of hydrogen-bond donors (Lipinski definition) is 1. The molecule has 1 aromatic heterocycles. The smallest absolute Gasteiger partial charge is 0.287 e. The predicted octanol–water partition coefficient (Wildman–Crippen LogP) is 4.79. The number of fused-ring (bicyclic) bond motifs is 1. The van der Waals surface area contributed by atoms with Crippen molar-refractivity contribution in [1.29, 1.82) is 0 Å². The summed E-state index contributed by atoms with van der Waals surface area (Å²) in [6, 6.07) is 15.4. The molecule has 1 N–H and O–H groups in total. The number of benzene rings is 2. The van der Waals surface area contributed by atoms with Gasteiger partial charge in [-0.05, 0) is 53.9 Å². The van der Waals surface area contributed by atoms with Crippen molar-refractivity contribution < 1.29 is 18.7 Å². The first-order chi connectivity index (χ1) is 14.0. The lowest BCUT2D eigenvalue weighted by Gasteiger charge is -2.14. The highest BCUT2D eigenvalue weighted by Gasteiger charge is 2.27. The van der Waals surface area contributed by atoms with E-state index < -0.39 is 0 Å². The fourth-order valence-electron chi connectivity index (χ4n) is 3.56. The summed E-state index contributed by atoms with van der Waals surface area (Å²) in [4.78, 5) is 12.4. The van der Waals surface area contributed by atoms with Gasteiger partial charge in [0.2, 0.25) is 0 Å². The Morgan fingerprint density at radius 3 is 2.76 bits per heavy atom. The van der Waals surface area contributed by atoms with Crippen LogP contribution in [-0.2, 0) is 17.8 Å². The molecule has 4 rings (SSSR count). The third-order valence-corrected chi connectivity index (χ3v) is 5.11. The van der Waals surface area contributed by atoms with E-state index >= 15 is 0 Å². The van der Waals surface area contributed by atoms with E-state index in [4.69, 9.17) is 25.5 Å². The SMILES string of the molecule is COCc1ccc(C(=O)NC[C@@H]2Cc3cc(C)cc(-c4ccc(Cl)cc4)c3O2)o1. The second-order valence-electron chi connectivity index (χ2n) is 7.16. The van der Waals surface area contributed by atoms with E-state index in [1.54, 1.807) is 19.2 Å². The molecule has 1 atom stereocenters. The largest absolute Gasteiger partial charge is 0.487 e. The highest BCUT2D eigenvalue weighted by Crippen LogP contribution is 2.40. The first-order valence-electron chi connectivity index (χ1n) is 9.45. The van der Waals surface area contributed by atoms with Gasteiger partial charge in [0.1, 0.15) is 24.2 Å². The van der Waals surface area contributed by atoms with Gasteiger partial charge in [0.05, 0.1) is 6.54 Å². The average molecular weight is 412 g/mol. The normalized spacial score (nSPS) is 15.1. The van der Waals surface area contributed by atoms with E-state index in [2.05, 4.69) is 24.4 Å². The van der Waals surface area contributed by atoms with Crippen molar-refractivity contribution in [2.75, 3.05) is 13.7 Å². The first kappa shape index (κ1) is 19.6. The zero-order valence-corrected chi connectivity index (χ0v) is 17.1. The summed E-state index contributed by atoms with van der Waals surface area (Å²) in [5.41, 5.74) is 4.42. The summed E-state index contributed by atoms with van der Waals surface area (Å²) in [6.07, 6.45) is 0.612. The van der Waals surface area contributed by atoms with Crippen molar-refractivity contribution in [3.8, 4) is 16.9 Å². The molecule has 6 heteroatoms. The lowest BCUT2D eigenvalue weighted by atomic mass is 9.98. The molecular weight excluding hydrogens is 390 g/mol. The third-order valence-electron chi connectivity index (χ3n) is 4.86. The van der Waals surface area contributed by atoms with Crippen molar-refractivity contribution in [2.45, 2.75) is 26.1 Å². The molecule has 150 valence electrons. The first-order valence-corrected chi connectivity index (χ1v) is 9.83. The summed E-state index contributed by atoms with van der Waals surface area (Å²) in [6.45, 7) is 2.80. The van der Waals surface area contributed by atoms with Crippen LogP contribution in [0.4, 0.5) is 0 Å². The van der Waals surface area contributed by atoms with Gasteiger partial charge >= 0.3 is 0 Å². The van der Waals surface area contributed by atoms with E-state index in [0.717, 1.165) is 28.9 Å². The van der Waals surface area contributed by atoms with Crippen molar-refractivity contribution >= 4 is 17.5 Å². The molecule has 1 aliphatic heterocycles. The van der Waals surface area contributed by atoms with Gasteiger partial charge in [-0.1, -0.05) is 29.8 Å². The Labute approximate surface area is 174 Å². The average Bonchev–Trinajstić information content (AvgIpc) is 3.33. The lowest BCUT2D eigenvalue weighted by Crippen LogP contribution is -2.34. The molecule has 0 radical (unpaired) electrons. The number of methoxy groups -OCH3 is 1. The minimum absolute atomic E-state index is 0.129. The van der Waals surface area contributed by atoms with Crippen molar-refractivity contribution in [3.63, 3.8) is 0 Å². The molecule has 0 fully saturated rings. The summed E-state index contributed by atoms with van der Waals surface area (Å²) in [5, 5.41) is 3.60. The van der Waals surface area contributed by atoms with Crippen molar-refractivity contribution in [2.24, 2.45) is 0 Å². The van der Waals surface area contributed by atoms with E-state index in [9.17, 15) is 4.79 Å². The summed E-state index contributed by atoms with van der Waals surface area (Å²) in [7, 11) is 1.58. The highest BCUT2D eigenvalue weighted by atomic mass is 35.5. The van der Waals surface area contributed by atoms with Gasteiger partial charge in [0.25, 0.3) is 5.91 Å². The van der Waals surface area contributed by atoms with Crippen LogP contribution in [0.3, 0.4) is 0 Å². The fourth-order valence-corrected chi connectivity index (χ4v) is 3.69. The number of ether oxygens (including phenoxy) is 2. The van der Waals surface area contributed by atoms with Crippen LogP contribution in [-0.4, -0.2) is 25.7 Å². The predicted molar refractivity (Wildman–Crippen MR) is 111 cm³/mol. The van der Waals surface area contributed by atoms with Crippen LogP contribution < -0.4 is 10.1 Å². The topological polar surface area (TPSA) is 60.7 Å². The summed E-state index contributed by atoms with van der Waals surface area (Å²) >= 11 is 6.03. The maximum Gasteiger partial charge on any atom is 0.287 e. The van der Waals surface area contributed by atoms with Crippen LogP contribution >= 0.6 is 11.6 Å². The van der Waals surface area contributed by atoms with E-state index in [-0.39, 0.29) is 17.8 Å². The molecule has 5 nitrogen and oxygen atoms in total. The molecule has 0 saturated heterocycles. The quantitative estimate of drug-likeness (QED) is 0.633. The zero-order valence-electron chi connectivity index (χ0n) is 16.3. The number of halogens is 1.